The highest BCUT2D eigenvalue weighted by Crippen LogP contribution is 2.22. The van der Waals surface area contributed by atoms with Gasteiger partial charge in [-0.15, -0.1) is 0 Å². The molecule has 2 rings (SSSR count). The first-order valence-electron chi connectivity index (χ1n) is 8.04. The number of aryl methyl sites for hydroxylation is 2. The molecule has 0 spiro atoms. The lowest BCUT2D eigenvalue weighted by Gasteiger charge is -2.20. The molecule has 1 aromatic heterocycles. The average molecular weight is 335 g/mol. The fourth-order valence-corrected chi connectivity index (χ4v) is 3.05. The van der Waals surface area contributed by atoms with Crippen molar-refractivity contribution in [2.24, 2.45) is 7.05 Å². The van der Waals surface area contributed by atoms with Crippen LogP contribution >= 0.6 is 0 Å². The van der Waals surface area contributed by atoms with Crippen molar-refractivity contribution >= 4 is 17.8 Å². The number of carbonyl (C=O) groups excluding carboxylic acids is 3. The monoisotopic (exact) mass is 335 g/mol. The summed E-state index contributed by atoms with van der Waals surface area (Å²) in [4.78, 5) is 37.5. The van der Waals surface area contributed by atoms with Gasteiger partial charge in [-0.3, -0.25) is 19.2 Å². The van der Waals surface area contributed by atoms with E-state index < -0.39 is 11.6 Å². The van der Waals surface area contributed by atoms with E-state index in [0.717, 1.165) is 21.9 Å². The van der Waals surface area contributed by atoms with Crippen LogP contribution in [0.5, 0.6) is 0 Å². The second-order valence-corrected chi connectivity index (χ2v) is 6.50. The quantitative estimate of drug-likeness (QED) is 0.783. The minimum atomic E-state index is -0.931. The topological polar surface area (TPSA) is 96.3 Å². The normalized spacial score (nSPS) is 21.8. The lowest BCUT2D eigenvalue weighted by molar-refractivity contribution is -0.134. The molecule has 132 valence electrons. The first-order chi connectivity index (χ1) is 11.1. The maximum atomic E-state index is 12.3. The number of hydrogen-bond acceptors (Lipinski definition) is 4. The molecule has 4 amide bonds. The zero-order valence-corrected chi connectivity index (χ0v) is 15.1. The van der Waals surface area contributed by atoms with Crippen LogP contribution < -0.4 is 10.6 Å². The van der Waals surface area contributed by atoms with E-state index in [1.165, 1.54) is 0 Å². The lowest BCUT2D eigenvalue weighted by Crippen LogP contribution is -2.45. The Bertz CT molecular complexity index is 696. The molecule has 2 N–H and O–H groups in total. The lowest BCUT2D eigenvalue weighted by atomic mass is 9.99. The number of amides is 4. The molecule has 0 unspecified atom stereocenters. The maximum Gasteiger partial charge on any atom is 0.325 e. The van der Waals surface area contributed by atoms with E-state index in [2.05, 4.69) is 15.7 Å². The van der Waals surface area contributed by atoms with Crippen LogP contribution in [0.1, 0.15) is 50.2 Å². The third-order valence-electron chi connectivity index (χ3n) is 4.73. The number of imide groups is 1. The summed E-state index contributed by atoms with van der Waals surface area (Å²) in [5, 5.41) is 9.81. The van der Waals surface area contributed by atoms with E-state index in [1.54, 1.807) is 11.6 Å². The van der Waals surface area contributed by atoms with Crippen LogP contribution in [0.15, 0.2) is 0 Å². The molecular formula is C16H25N5O3. The number of nitrogens with zero attached hydrogens (tertiary/aromatic N) is 3. The smallest absolute Gasteiger partial charge is 0.325 e. The van der Waals surface area contributed by atoms with Gasteiger partial charge >= 0.3 is 6.03 Å². The highest BCUT2D eigenvalue weighted by atomic mass is 16.2. The molecule has 0 saturated carbocycles. The third kappa shape index (κ3) is 3.00. The minimum Gasteiger partial charge on any atom is -0.348 e. The minimum absolute atomic E-state index is 0.260. The third-order valence-corrected chi connectivity index (χ3v) is 4.73. The second-order valence-electron chi connectivity index (χ2n) is 6.50. The number of aromatic nitrogens is 2. The molecule has 1 aromatic rings. The molecule has 0 radical (unpaired) electrons. The van der Waals surface area contributed by atoms with E-state index >= 15 is 0 Å². The molecule has 1 aliphatic heterocycles. The Labute approximate surface area is 141 Å². The van der Waals surface area contributed by atoms with Gasteiger partial charge in [0.25, 0.3) is 5.91 Å². The summed E-state index contributed by atoms with van der Waals surface area (Å²) in [6, 6.07) is -0.787. The zero-order valence-electron chi connectivity index (χ0n) is 15.1. The summed E-state index contributed by atoms with van der Waals surface area (Å²) in [6.45, 7) is 8.87. The largest absolute Gasteiger partial charge is 0.348 e. The van der Waals surface area contributed by atoms with Gasteiger partial charge in [0.1, 0.15) is 12.1 Å². The van der Waals surface area contributed by atoms with Gasteiger partial charge in [-0.1, -0.05) is 6.92 Å². The van der Waals surface area contributed by atoms with Crippen LogP contribution in [-0.2, 0) is 16.6 Å². The predicted octanol–water partition coefficient (Wildman–Crippen LogP) is 0.935. The van der Waals surface area contributed by atoms with Crippen molar-refractivity contribution < 1.29 is 14.4 Å². The van der Waals surface area contributed by atoms with Crippen molar-refractivity contribution in [3.05, 3.63) is 17.0 Å². The van der Waals surface area contributed by atoms with E-state index in [9.17, 15) is 14.4 Å². The van der Waals surface area contributed by atoms with Crippen LogP contribution in [0.4, 0.5) is 4.79 Å². The number of carbonyl (C=O) groups is 3. The second kappa shape index (κ2) is 6.26. The molecule has 0 aliphatic carbocycles. The summed E-state index contributed by atoms with van der Waals surface area (Å²) < 4.78 is 1.76. The van der Waals surface area contributed by atoms with Crippen LogP contribution in [-0.4, -0.2) is 44.6 Å². The summed E-state index contributed by atoms with van der Waals surface area (Å²) in [5.41, 5.74) is 1.83. The SMILES string of the molecule is CC[C@]1(C)NC(=O)N(CC(=O)N[C@H](C)c2c(C)nn(C)c2C)C1=O. The van der Waals surface area contributed by atoms with Crippen LogP contribution in [0.2, 0.25) is 0 Å². The maximum absolute atomic E-state index is 12.3. The van der Waals surface area contributed by atoms with E-state index in [0.29, 0.717) is 6.42 Å². The summed E-state index contributed by atoms with van der Waals surface area (Å²) in [6.07, 6.45) is 0.472. The van der Waals surface area contributed by atoms with Gasteiger partial charge in [0.15, 0.2) is 0 Å². The Balaban J connectivity index is 2.06. The van der Waals surface area contributed by atoms with Gasteiger partial charge in [0, 0.05) is 18.3 Å². The first kappa shape index (κ1) is 18.0. The van der Waals surface area contributed by atoms with Crippen molar-refractivity contribution in [1.29, 1.82) is 0 Å². The van der Waals surface area contributed by atoms with Crippen LogP contribution in [0.25, 0.3) is 0 Å². The van der Waals surface area contributed by atoms with Gasteiger partial charge in [-0.2, -0.15) is 5.10 Å². The van der Waals surface area contributed by atoms with Crippen LogP contribution in [0, 0.1) is 13.8 Å². The van der Waals surface area contributed by atoms with Crippen molar-refractivity contribution in [2.75, 3.05) is 6.54 Å². The Morgan fingerprint density at radius 2 is 2.00 bits per heavy atom. The summed E-state index contributed by atoms with van der Waals surface area (Å²) >= 11 is 0. The fourth-order valence-electron chi connectivity index (χ4n) is 3.05. The van der Waals surface area contributed by atoms with Crippen molar-refractivity contribution in [3.8, 4) is 0 Å². The Kier molecular flexibility index (Phi) is 4.68. The fraction of sp³-hybridized carbons (Fsp3) is 0.625. The van der Waals surface area contributed by atoms with Gasteiger partial charge in [0.05, 0.1) is 11.7 Å². The highest BCUT2D eigenvalue weighted by Gasteiger charge is 2.47. The number of urea groups is 1. The summed E-state index contributed by atoms with van der Waals surface area (Å²) in [7, 11) is 1.85. The van der Waals surface area contributed by atoms with Gasteiger partial charge in [-0.05, 0) is 34.1 Å². The molecule has 8 nitrogen and oxygen atoms in total. The van der Waals surface area contributed by atoms with Gasteiger partial charge in [0.2, 0.25) is 5.91 Å². The Hall–Kier alpha value is -2.38. The summed E-state index contributed by atoms with van der Waals surface area (Å²) in [5.74, 6) is -0.749. The molecule has 2 atom stereocenters. The molecule has 1 aliphatic rings. The predicted molar refractivity (Wildman–Crippen MR) is 88.2 cm³/mol. The zero-order chi connectivity index (χ0) is 18.2. The van der Waals surface area contributed by atoms with E-state index in [1.807, 2.05) is 34.7 Å². The van der Waals surface area contributed by atoms with E-state index in [-0.39, 0.29) is 24.4 Å². The molecule has 1 fully saturated rings. The standard InChI is InChI=1S/C16H25N5O3/c1-7-16(5)14(23)21(15(24)18-16)8-12(22)17-9(2)13-10(3)19-20(6)11(13)4/h9H,7-8H2,1-6H3,(H,17,22)(H,18,24)/t9-,16+/m1/s1. The van der Waals surface area contributed by atoms with Crippen molar-refractivity contribution in [2.45, 2.75) is 52.6 Å². The molecule has 2 heterocycles. The Morgan fingerprint density at radius 3 is 2.46 bits per heavy atom. The molecule has 8 heteroatoms. The van der Waals surface area contributed by atoms with Crippen molar-refractivity contribution in [3.63, 3.8) is 0 Å². The van der Waals surface area contributed by atoms with Crippen molar-refractivity contribution in [1.82, 2.24) is 25.3 Å². The number of rotatable bonds is 5. The molecule has 1 saturated heterocycles. The molecule has 24 heavy (non-hydrogen) atoms. The first-order valence-corrected chi connectivity index (χ1v) is 8.04. The van der Waals surface area contributed by atoms with E-state index in [4.69, 9.17) is 0 Å². The molecule has 0 aromatic carbocycles. The molecule has 0 bridgehead atoms. The van der Waals surface area contributed by atoms with Gasteiger partial charge in [-0.25, -0.2) is 4.79 Å². The average Bonchev–Trinajstić information content (AvgIpc) is 2.87. The molecular weight excluding hydrogens is 310 g/mol. The Morgan fingerprint density at radius 1 is 1.38 bits per heavy atom. The number of nitrogens with one attached hydrogen (secondary N) is 2. The highest BCUT2D eigenvalue weighted by molar-refractivity contribution is 6.08. The number of hydrogen-bond donors (Lipinski definition) is 2. The van der Waals surface area contributed by atoms with Gasteiger partial charge < -0.3 is 10.6 Å². The van der Waals surface area contributed by atoms with Crippen LogP contribution in [0.3, 0.4) is 0 Å².